The Balaban J connectivity index is 2.11. The summed E-state index contributed by atoms with van der Waals surface area (Å²) in [6.07, 6.45) is 1.58. The highest BCUT2D eigenvalue weighted by Gasteiger charge is 2.67. The van der Waals surface area contributed by atoms with Gasteiger partial charge in [-0.3, -0.25) is 0 Å². The van der Waals surface area contributed by atoms with E-state index in [-0.39, 0.29) is 12.0 Å². The summed E-state index contributed by atoms with van der Waals surface area (Å²) < 4.78 is 11.1. The summed E-state index contributed by atoms with van der Waals surface area (Å²) in [5.41, 5.74) is -1.88. The third-order valence-electron chi connectivity index (χ3n) is 6.31. The van der Waals surface area contributed by atoms with Crippen molar-refractivity contribution in [3.05, 3.63) is 35.5 Å². The average Bonchev–Trinajstić information content (AvgIpc) is 2.92. The van der Waals surface area contributed by atoms with Crippen molar-refractivity contribution in [1.82, 2.24) is 0 Å². The highest BCUT2D eigenvalue weighted by Crippen LogP contribution is 2.56. The predicted octanol–water partition coefficient (Wildman–Crippen LogP) is 2.03. The molecule has 1 aliphatic heterocycles. The van der Waals surface area contributed by atoms with E-state index in [1.54, 1.807) is 32.9 Å². The zero-order valence-electron chi connectivity index (χ0n) is 15.9. The van der Waals surface area contributed by atoms with E-state index in [1.165, 1.54) is 6.92 Å². The van der Waals surface area contributed by atoms with Crippen LogP contribution in [0.3, 0.4) is 0 Å². The molecule has 0 amide bonds. The van der Waals surface area contributed by atoms with Gasteiger partial charge in [0.15, 0.2) is 0 Å². The van der Waals surface area contributed by atoms with E-state index >= 15 is 0 Å². The first-order valence-electron chi connectivity index (χ1n) is 8.96. The number of carbonyl (C=O) groups excluding carboxylic acids is 2. The maximum Gasteiger partial charge on any atom is 0.334 e. The van der Waals surface area contributed by atoms with Crippen LogP contribution in [0.25, 0.3) is 0 Å². The van der Waals surface area contributed by atoms with Gasteiger partial charge in [-0.25, -0.2) is 9.59 Å². The summed E-state index contributed by atoms with van der Waals surface area (Å²) in [5, 5.41) is 21.7. The Bertz CT molecular complexity index is 766. The van der Waals surface area contributed by atoms with Gasteiger partial charge in [0.2, 0.25) is 0 Å². The van der Waals surface area contributed by atoms with Crippen molar-refractivity contribution in [3.63, 3.8) is 0 Å². The van der Waals surface area contributed by atoms with Crippen LogP contribution in [0.4, 0.5) is 0 Å². The van der Waals surface area contributed by atoms with Crippen LogP contribution in [0.2, 0.25) is 0 Å². The molecule has 6 nitrogen and oxygen atoms in total. The fourth-order valence-corrected chi connectivity index (χ4v) is 4.87. The third kappa shape index (κ3) is 2.85. The number of fused-ring (bicyclic) bond motifs is 3. The van der Waals surface area contributed by atoms with E-state index in [9.17, 15) is 19.8 Å². The highest BCUT2D eigenvalue weighted by molar-refractivity contribution is 6.21. The standard InChI is InChI=1S/C20H25ClO6/c1-6-9(2)17(22)26-12-7-10(3)20(25)8-13(21)19(5,24)16(20)15-14(12)11(4)18(23)27-15/h6-7,12-16,24-25H,4,8H2,1-3,5H3. The fraction of sp³-hybridized carbons (Fsp3) is 0.600. The minimum absolute atomic E-state index is 0.0936. The van der Waals surface area contributed by atoms with Crippen molar-refractivity contribution in [2.45, 2.75) is 62.9 Å². The zero-order valence-corrected chi connectivity index (χ0v) is 16.6. The number of hydrogen-bond donors (Lipinski definition) is 2. The third-order valence-corrected chi connectivity index (χ3v) is 6.90. The molecule has 2 aliphatic carbocycles. The maximum atomic E-state index is 12.3. The average molecular weight is 397 g/mol. The van der Waals surface area contributed by atoms with E-state index in [0.717, 1.165) is 0 Å². The van der Waals surface area contributed by atoms with Gasteiger partial charge in [-0.1, -0.05) is 12.7 Å². The van der Waals surface area contributed by atoms with Gasteiger partial charge in [0, 0.05) is 11.1 Å². The molecule has 0 aromatic rings. The van der Waals surface area contributed by atoms with Gasteiger partial charge in [-0.15, -0.1) is 11.6 Å². The Kier molecular flexibility index (Phi) is 4.82. The number of esters is 2. The molecule has 0 aromatic heterocycles. The number of alkyl halides is 1. The molecule has 7 atom stereocenters. The van der Waals surface area contributed by atoms with Crippen LogP contribution < -0.4 is 0 Å². The topological polar surface area (TPSA) is 93.1 Å². The Labute approximate surface area is 163 Å². The lowest BCUT2D eigenvalue weighted by Gasteiger charge is -2.39. The molecule has 7 unspecified atom stereocenters. The smallest absolute Gasteiger partial charge is 0.334 e. The van der Waals surface area contributed by atoms with E-state index in [4.69, 9.17) is 21.1 Å². The van der Waals surface area contributed by atoms with E-state index in [1.807, 2.05) is 0 Å². The van der Waals surface area contributed by atoms with Gasteiger partial charge in [-0.2, -0.15) is 0 Å². The lowest BCUT2D eigenvalue weighted by atomic mass is 9.74. The second-order valence-electron chi connectivity index (χ2n) is 7.91. The number of carbonyl (C=O) groups is 2. The van der Waals surface area contributed by atoms with Crippen molar-refractivity contribution < 1.29 is 29.3 Å². The zero-order chi connectivity index (χ0) is 20.3. The normalized spacial score (nSPS) is 44.2. The first-order chi connectivity index (χ1) is 12.4. The van der Waals surface area contributed by atoms with Crippen molar-refractivity contribution in [2.24, 2.45) is 11.8 Å². The predicted molar refractivity (Wildman–Crippen MR) is 98.9 cm³/mol. The molecular formula is C20H25ClO6. The van der Waals surface area contributed by atoms with Gasteiger partial charge < -0.3 is 19.7 Å². The number of ether oxygens (including phenoxy) is 2. The SMILES string of the molecule is C=C1C(=O)OC2C1C(OC(=O)C(C)=CC)C=C(C)C1(O)CC(Cl)C(C)(O)C21. The molecule has 0 spiro atoms. The van der Waals surface area contributed by atoms with Crippen LogP contribution in [0.1, 0.15) is 34.1 Å². The van der Waals surface area contributed by atoms with Crippen molar-refractivity contribution in [2.75, 3.05) is 0 Å². The quantitative estimate of drug-likeness (QED) is 0.321. The van der Waals surface area contributed by atoms with Crippen LogP contribution in [-0.2, 0) is 19.1 Å². The fourth-order valence-electron chi connectivity index (χ4n) is 4.50. The lowest BCUT2D eigenvalue weighted by Crippen LogP contribution is -2.52. The van der Waals surface area contributed by atoms with Crippen molar-refractivity contribution in [1.29, 1.82) is 0 Å². The lowest BCUT2D eigenvalue weighted by molar-refractivity contribution is -0.157. The molecule has 0 aromatic carbocycles. The van der Waals surface area contributed by atoms with Gasteiger partial charge in [0.25, 0.3) is 0 Å². The van der Waals surface area contributed by atoms with E-state index < -0.39 is 52.6 Å². The van der Waals surface area contributed by atoms with Crippen molar-refractivity contribution in [3.8, 4) is 0 Å². The molecule has 1 heterocycles. The number of hydrogen-bond acceptors (Lipinski definition) is 6. The second-order valence-corrected chi connectivity index (χ2v) is 8.44. The first-order valence-corrected chi connectivity index (χ1v) is 9.40. The van der Waals surface area contributed by atoms with Crippen LogP contribution in [-0.4, -0.2) is 50.9 Å². The largest absolute Gasteiger partial charge is 0.458 e. The summed E-state index contributed by atoms with van der Waals surface area (Å²) in [4.78, 5) is 24.6. The Morgan fingerprint density at radius 3 is 2.70 bits per heavy atom. The van der Waals surface area contributed by atoms with Crippen LogP contribution >= 0.6 is 11.6 Å². The summed E-state index contributed by atoms with van der Waals surface area (Å²) in [5.74, 6) is -2.74. The summed E-state index contributed by atoms with van der Waals surface area (Å²) >= 11 is 6.34. The molecule has 3 aliphatic rings. The van der Waals surface area contributed by atoms with Gasteiger partial charge in [-0.05, 0) is 45.8 Å². The van der Waals surface area contributed by atoms with Crippen LogP contribution in [0.15, 0.2) is 35.5 Å². The molecule has 0 radical (unpaired) electrons. The number of halogens is 1. The van der Waals surface area contributed by atoms with Gasteiger partial charge >= 0.3 is 11.9 Å². The molecule has 27 heavy (non-hydrogen) atoms. The molecule has 1 saturated carbocycles. The number of rotatable bonds is 2. The summed E-state index contributed by atoms with van der Waals surface area (Å²) in [7, 11) is 0. The Morgan fingerprint density at radius 1 is 1.48 bits per heavy atom. The molecule has 0 bridgehead atoms. The minimum Gasteiger partial charge on any atom is -0.458 e. The van der Waals surface area contributed by atoms with E-state index in [0.29, 0.717) is 11.1 Å². The Hall–Kier alpha value is -1.63. The molecule has 2 N–H and O–H groups in total. The number of allylic oxidation sites excluding steroid dienone is 1. The molecule has 148 valence electrons. The van der Waals surface area contributed by atoms with Crippen LogP contribution in [0.5, 0.6) is 0 Å². The van der Waals surface area contributed by atoms with Crippen LogP contribution in [0, 0.1) is 11.8 Å². The van der Waals surface area contributed by atoms with Gasteiger partial charge in [0.1, 0.15) is 12.2 Å². The second kappa shape index (κ2) is 6.47. The van der Waals surface area contributed by atoms with Gasteiger partial charge in [0.05, 0.1) is 28.4 Å². The number of aliphatic hydroxyl groups is 2. The highest BCUT2D eigenvalue weighted by atomic mass is 35.5. The summed E-state index contributed by atoms with van der Waals surface area (Å²) in [6.45, 7) is 10.4. The summed E-state index contributed by atoms with van der Waals surface area (Å²) in [6, 6.07) is 0. The van der Waals surface area contributed by atoms with Crippen molar-refractivity contribution >= 4 is 23.5 Å². The molecular weight excluding hydrogens is 372 g/mol. The monoisotopic (exact) mass is 396 g/mol. The molecule has 1 saturated heterocycles. The molecule has 7 heteroatoms. The maximum absolute atomic E-state index is 12.3. The first kappa shape index (κ1) is 20.1. The molecule has 3 rings (SSSR count). The van der Waals surface area contributed by atoms with E-state index in [2.05, 4.69) is 6.58 Å². The minimum atomic E-state index is -1.49. The Morgan fingerprint density at radius 2 is 2.11 bits per heavy atom. The molecule has 2 fully saturated rings.